The number of rotatable bonds is 1. The van der Waals surface area contributed by atoms with Crippen LogP contribution in [0.5, 0.6) is 0 Å². The third-order valence-corrected chi connectivity index (χ3v) is 4.49. The zero-order chi connectivity index (χ0) is 16.6. The number of nitrogens with zero attached hydrogens (tertiary/aromatic N) is 2. The van der Waals surface area contributed by atoms with Crippen molar-refractivity contribution in [2.75, 3.05) is 20.1 Å². The van der Waals surface area contributed by atoms with E-state index in [2.05, 4.69) is 5.32 Å². The minimum absolute atomic E-state index is 0.0772. The fraction of sp³-hybridized carbons (Fsp3) is 0.500. The molecule has 2 aliphatic heterocycles. The Morgan fingerprint density at radius 2 is 2.09 bits per heavy atom. The van der Waals surface area contributed by atoms with Crippen LogP contribution < -0.4 is 5.32 Å². The Balaban J connectivity index is 1.64. The van der Waals surface area contributed by atoms with Crippen LogP contribution in [0, 0.1) is 11.6 Å². The SMILES string of the molecule is CN1CC(NC(=O)N2CCc3c(F)cc(F)cc3C2)CCC1=O. The molecule has 7 heteroatoms. The van der Waals surface area contributed by atoms with Gasteiger partial charge in [0.2, 0.25) is 5.91 Å². The number of hydrogen-bond donors (Lipinski definition) is 1. The third kappa shape index (κ3) is 3.28. The molecule has 2 heterocycles. The number of likely N-dealkylation sites (tertiary alicyclic amines) is 1. The normalized spacial score (nSPS) is 21.2. The van der Waals surface area contributed by atoms with E-state index in [0.717, 1.165) is 6.07 Å². The van der Waals surface area contributed by atoms with Gasteiger partial charge in [-0.25, -0.2) is 13.6 Å². The van der Waals surface area contributed by atoms with E-state index in [1.165, 1.54) is 6.07 Å². The van der Waals surface area contributed by atoms with Gasteiger partial charge in [-0.05, 0) is 30.0 Å². The summed E-state index contributed by atoms with van der Waals surface area (Å²) in [6.07, 6.45) is 1.40. The molecule has 124 valence electrons. The first-order valence-corrected chi connectivity index (χ1v) is 7.70. The number of likely N-dealkylation sites (N-methyl/N-ethyl adjacent to an activating group) is 1. The van der Waals surface area contributed by atoms with Crippen LogP contribution >= 0.6 is 0 Å². The fourth-order valence-electron chi connectivity index (χ4n) is 3.18. The maximum absolute atomic E-state index is 13.7. The highest BCUT2D eigenvalue weighted by atomic mass is 19.1. The predicted octanol–water partition coefficient (Wildman–Crippen LogP) is 1.65. The van der Waals surface area contributed by atoms with Crippen LogP contribution in [-0.4, -0.2) is 47.9 Å². The molecule has 1 atom stereocenters. The minimum atomic E-state index is -0.629. The van der Waals surface area contributed by atoms with Crippen LogP contribution in [0.25, 0.3) is 0 Å². The Kier molecular flexibility index (Phi) is 4.19. The zero-order valence-corrected chi connectivity index (χ0v) is 12.9. The van der Waals surface area contributed by atoms with E-state index < -0.39 is 11.6 Å². The summed E-state index contributed by atoms with van der Waals surface area (Å²) in [5.74, 6) is -1.10. The molecule has 23 heavy (non-hydrogen) atoms. The standard InChI is InChI=1S/C16H19F2N3O2/c1-20-9-12(2-3-15(20)22)19-16(23)21-5-4-13-10(8-21)6-11(17)7-14(13)18/h6-7,12H,2-5,8-9H2,1H3,(H,19,23). The van der Waals surface area contributed by atoms with Gasteiger partial charge < -0.3 is 15.1 Å². The molecule has 1 fully saturated rings. The number of nitrogens with one attached hydrogen (secondary N) is 1. The van der Waals surface area contributed by atoms with Crippen LogP contribution in [0.3, 0.4) is 0 Å². The number of hydrogen-bond acceptors (Lipinski definition) is 2. The maximum atomic E-state index is 13.7. The second-order valence-electron chi connectivity index (χ2n) is 6.16. The van der Waals surface area contributed by atoms with E-state index in [-0.39, 0.29) is 24.5 Å². The topological polar surface area (TPSA) is 52.7 Å². The highest BCUT2D eigenvalue weighted by Crippen LogP contribution is 2.23. The fourth-order valence-corrected chi connectivity index (χ4v) is 3.18. The second kappa shape index (κ2) is 6.14. The second-order valence-corrected chi connectivity index (χ2v) is 6.16. The summed E-state index contributed by atoms with van der Waals surface area (Å²) in [4.78, 5) is 27.0. The van der Waals surface area contributed by atoms with E-state index in [0.29, 0.717) is 43.5 Å². The van der Waals surface area contributed by atoms with E-state index in [1.54, 1.807) is 16.8 Å². The van der Waals surface area contributed by atoms with E-state index >= 15 is 0 Å². The molecule has 0 bridgehead atoms. The first-order chi connectivity index (χ1) is 10.9. The number of carbonyl (C=O) groups excluding carboxylic acids is 2. The third-order valence-electron chi connectivity index (χ3n) is 4.49. The first kappa shape index (κ1) is 15.7. The summed E-state index contributed by atoms with van der Waals surface area (Å²) in [5.41, 5.74) is 0.998. The van der Waals surface area contributed by atoms with Gasteiger partial charge in [-0.3, -0.25) is 4.79 Å². The van der Waals surface area contributed by atoms with Crippen molar-refractivity contribution in [3.05, 3.63) is 34.9 Å². The summed E-state index contributed by atoms with van der Waals surface area (Å²) in [6.45, 7) is 1.07. The average molecular weight is 323 g/mol. The number of fused-ring (bicyclic) bond motifs is 1. The molecule has 3 rings (SSSR count). The van der Waals surface area contributed by atoms with Crippen molar-refractivity contribution in [1.29, 1.82) is 0 Å². The number of halogens is 2. The number of benzene rings is 1. The van der Waals surface area contributed by atoms with Gasteiger partial charge in [0, 0.05) is 45.2 Å². The van der Waals surface area contributed by atoms with Crippen molar-refractivity contribution in [2.24, 2.45) is 0 Å². The Morgan fingerprint density at radius 1 is 1.30 bits per heavy atom. The summed E-state index contributed by atoms with van der Waals surface area (Å²) < 4.78 is 27.1. The Hall–Kier alpha value is -2.18. The molecular weight excluding hydrogens is 304 g/mol. The Morgan fingerprint density at radius 3 is 2.83 bits per heavy atom. The molecule has 5 nitrogen and oxygen atoms in total. The van der Waals surface area contributed by atoms with E-state index in [4.69, 9.17) is 0 Å². The van der Waals surface area contributed by atoms with Gasteiger partial charge in [-0.1, -0.05) is 0 Å². The van der Waals surface area contributed by atoms with Gasteiger partial charge in [0.25, 0.3) is 0 Å². The number of piperidine rings is 1. The summed E-state index contributed by atoms with van der Waals surface area (Å²) in [6, 6.07) is 1.82. The van der Waals surface area contributed by atoms with E-state index in [1.807, 2.05) is 0 Å². The summed E-state index contributed by atoms with van der Waals surface area (Å²) in [7, 11) is 1.71. The lowest BCUT2D eigenvalue weighted by Gasteiger charge is -2.34. The molecule has 0 spiro atoms. The summed E-state index contributed by atoms with van der Waals surface area (Å²) in [5, 5.41) is 2.91. The smallest absolute Gasteiger partial charge is 0.317 e. The van der Waals surface area contributed by atoms with Crippen LogP contribution in [-0.2, 0) is 17.8 Å². The number of carbonyl (C=O) groups is 2. The molecule has 1 unspecified atom stereocenters. The van der Waals surface area contributed by atoms with Crippen LogP contribution in [0.15, 0.2) is 12.1 Å². The van der Waals surface area contributed by atoms with Crippen molar-refractivity contribution in [3.63, 3.8) is 0 Å². The molecule has 1 saturated heterocycles. The molecule has 0 saturated carbocycles. The lowest BCUT2D eigenvalue weighted by Crippen LogP contribution is -2.52. The molecule has 0 aliphatic carbocycles. The molecule has 0 radical (unpaired) electrons. The molecule has 1 aromatic rings. The molecule has 0 aromatic heterocycles. The monoisotopic (exact) mass is 323 g/mol. The Bertz CT molecular complexity index is 650. The van der Waals surface area contributed by atoms with Crippen molar-refractivity contribution < 1.29 is 18.4 Å². The predicted molar refractivity (Wildman–Crippen MR) is 79.7 cm³/mol. The van der Waals surface area contributed by atoms with Gasteiger partial charge in [-0.2, -0.15) is 0 Å². The van der Waals surface area contributed by atoms with E-state index in [9.17, 15) is 18.4 Å². The largest absolute Gasteiger partial charge is 0.344 e. The summed E-state index contributed by atoms with van der Waals surface area (Å²) >= 11 is 0. The van der Waals surface area contributed by atoms with Gasteiger partial charge >= 0.3 is 6.03 Å². The van der Waals surface area contributed by atoms with Crippen LogP contribution in [0.4, 0.5) is 13.6 Å². The molecule has 1 N–H and O–H groups in total. The lowest BCUT2D eigenvalue weighted by molar-refractivity contribution is -0.132. The molecule has 3 amide bonds. The average Bonchev–Trinajstić information content (AvgIpc) is 2.50. The van der Waals surface area contributed by atoms with Gasteiger partial charge in [-0.15, -0.1) is 0 Å². The molecule has 2 aliphatic rings. The molecule has 1 aromatic carbocycles. The molecular formula is C16H19F2N3O2. The zero-order valence-electron chi connectivity index (χ0n) is 12.9. The van der Waals surface area contributed by atoms with Crippen LogP contribution in [0.2, 0.25) is 0 Å². The maximum Gasteiger partial charge on any atom is 0.317 e. The van der Waals surface area contributed by atoms with Crippen molar-refractivity contribution in [1.82, 2.24) is 15.1 Å². The van der Waals surface area contributed by atoms with Crippen LogP contribution in [0.1, 0.15) is 24.0 Å². The highest BCUT2D eigenvalue weighted by molar-refractivity contribution is 5.78. The van der Waals surface area contributed by atoms with Gasteiger partial charge in [0.15, 0.2) is 0 Å². The van der Waals surface area contributed by atoms with Gasteiger partial charge in [0.1, 0.15) is 11.6 Å². The lowest BCUT2D eigenvalue weighted by atomic mass is 9.99. The Labute approximate surface area is 133 Å². The first-order valence-electron chi connectivity index (χ1n) is 7.70. The number of amides is 3. The minimum Gasteiger partial charge on any atom is -0.344 e. The van der Waals surface area contributed by atoms with Crippen molar-refractivity contribution in [2.45, 2.75) is 31.8 Å². The number of urea groups is 1. The highest BCUT2D eigenvalue weighted by Gasteiger charge is 2.28. The van der Waals surface area contributed by atoms with Crippen molar-refractivity contribution in [3.8, 4) is 0 Å². The quantitative estimate of drug-likeness (QED) is 0.854. The van der Waals surface area contributed by atoms with Gasteiger partial charge in [0.05, 0.1) is 0 Å². The van der Waals surface area contributed by atoms with Crippen molar-refractivity contribution >= 4 is 11.9 Å².